The third-order valence-corrected chi connectivity index (χ3v) is 2.87. The largest absolute Gasteiger partial charge is 0.385 e. The Balaban J connectivity index is 1.99. The van der Waals surface area contributed by atoms with Gasteiger partial charge in [0.1, 0.15) is 0 Å². The van der Waals surface area contributed by atoms with Crippen molar-refractivity contribution in [2.75, 3.05) is 11.9 Å². The highest BCUT2D eigenvalue weighted by molar-refractivity contribution is 5.48. The monoisotopic (exact) mass is 230 g/mol. The average Bonchev–Trinajstić information content (AvgIpc) is 2.90. The zero-order chi connectivity index (χ0) is 12.1. The van der Waals surface area contributed by atoms with Gasteiger partial charge < -0.3 is 5.32 Å². The highest BCUT2D eigenvalue weighted by Crippen LogP contribution is 2.12. The third-order valence-electron chi connectivity index (χ3n) is 2.87. The summed E-state index contributed by atoms with van der Waals surface area (Å²) in [4.78, 5) is 1.61. The first-order chi connectivity index (χ1) is 8.29. The van der Waals surface area contributed by atoms with Crippen LogP contribution in [-0.4, -0.2) is 21.5 Å². The van der Waals surface area contributed by atoms with Crippen molar-refractivity contribution < 1.29 is 0 Å². The molecular weight excluding hydrogens is 212 g/mol. The number of nitrogens with one attached hydrogen (secondary N) is 1. The van der Waals surface area contributed by atoms with Gasteiger partial charge in [0.2, 0.25) is 0 Å². The molecule has 1 atom stereocenters. The first-order valence-electron chi connectivity index (χ1n) is 6.00. The lowest BCUT2D eigenvalue weighted by atomic mass is 10.1. The normalized spacial score (nSPS) is 12.4. The Morgan fingerprint density at radius 1 is 1.18 bits per heavy atom. The van der Waals surface area contributed by atoms with E-state index in [9.17, 15) is 0 Å². The van der Waals surface area contributed by atoms with Crippen molar-refractivity contribution >= 4 is 5.69 Å². The number of hydrogen-bond donors (Lipinski definition) is 1. The van der Waals surface area contributed by atoms with E-state index in [0.29, 0.717) is 5.92 Å². The summed E-state index contributed by atoms with van der Waals surface area (Å²) in [5.41, 5.74) is 2.12. The molecule has 90 valence electrons. The van der Waals surface area contributed by atoms with Gasteiger partial charge in [-0.15, -0.1) is 0 Å². The number of nitrogens with zero attached hydrogens (tertiary/aromatic N) is 3. The van der Waals surface area contributed by atoms with Crippen LogP contribution in [0.2, 0.25) is 0 Å². The molecule has 0 bridgehead atoms. The summed E-state index contributed by atoms with van der Waals surface area (Å²) in [6.07, 6.45) is 4.55. The molecule has 4 heteroatoms. The van der Waals surface area contributed by atoms with E-state index in [2.05, 4.69) is 41.5 Å². The number of rotatable bonds is 5. The first kappa shape index (κ1) is 11.6. The van der Waals surface area contributed by atoms with Gasteiger partial charge in [-0.3, -0.25) is 0 Å². The van der Waals surface area contributed by atoms with Gasteiger partial charge in [0.15, 0.2) is 0 Å². The maximum atomic E-state index is 4.09. The summed E-state index contributed by atoms with van der Waals surface area (Å²) in [5.74, 6) is 0.697. The van der Waals surface area contributed by atoms with Crippen molar-refractivity contribution in [1.29, 1.82) is 0 Å². The molecule has 0 aliphatic carbocycles. The van der Waals surface area contributed by atoms with Crippen LogP contribution in [0.15, 0.2) is 36.7 Å². The predicted octanol–water partition coefficient (Wildman–Crippen LogP) is 2.73. The number of benzene rings is 1. The van der Waals surface area contributed by atoms with Gasteiger partial charge in [-0.05, 0) is 30.2 Å². The molecule has 1 aromatic carbocycles. The average molecular weight is 230 g/mol. The maximum absolute atomic E-state index is 4.09. The molecule has 2 rings (SSSR count). The molecule has 0 fully saturated rings. The fourth-order valence-corrected chi connectivity index (χ4v) is 1.50. The molecular formula is C13H18N4. The van der Waals surface area contributed by atoms with Gasteiger partial charge in [0.25, 0.3) is 0 Å². The fraction of sp³-hybridized carbons (Fsp3) is 0.385. The molecule has 0 saturated heterocycles. The highest BCUT2D eigenvalue weighted by atomic mass is 15.5. The van der Waals surface area contributed by atoms with Gasteiger partial charge in [-0.25, -0.2) is 0 Å². The van der Waals surface area contributed by atoms with Crippen LogP contribution < -0.4 is 5.32 Å². The zero-order valence-corrected chi connectivity index (χ0v) is 10.3. The topological polar surface area (TPSA) is 42.7 Å². The molecule has 1 unspecified atom stereocenters. The highest BCUT2D eigenvalue weighted by Gasteiger charge is 2.00. The Kier molecular flexibility index (Phi) is 3.75. The van der Waals surface area contributed by atoms with Crippen molar-refractivity contribution in [3.8, 4) is 5.69 Å². The van der Waals surface area contributed by atoms with E-state index < -0.39 is 0 Å². The van der Waals surface area contributed by atoms with Crippen LogP contribution in [0.1, 0.15) is 20.3 Å². The van der Waals surface area contributed by atoms with Crippen LogP contribution in [0.5, 0.6) is 0 Å². The third kappa shape index (κ3) is 3.06. The standard InChI is InChI=1S/C13H18N4/c1-3-11(2)10-14-12-4-6-13(7-5-12)17-15-8-9-16-17/h4-9,11,14H,3,10H2,1-2H3. The van der Waals surface area contributed by atoms with Gasteiger partial charge in [0.05, 0.1) is 18.1 Å². The Bertz CT molecular complexity index is 433. The molecule has 1 heterocycles. The van der Waals surface area contributed by atoms with Crippen LogP contribution in [-0.2, 0) is 0 Å². The summed E-state index contributed by atoms with van der Waals surface area (Å²) in [6, 6.07) is 8.14. The molecule has 0 aliphatic heterocycles. The van der Waals surface area contributed by atoms with Gasteiger partial charge in [-0.1, -0.05) is 20.3 Å². The second-order valence-corrected chi connectivity index (χ2v) is 4.26. The minimum Gasteiger partial charge on any atom is -0.385 e. The van der Waals surface area contributed by atoms with Crippen molar-refractivity contribution in [3.63, 3.8) is 0 Å². The molecule has 0 amide bonds. The quantitative estimate of drug-likeness (QED) is 0.858. The molecule has 1 N–H and O–H groups in total. The first-order valence-corrected chi connectivity index (χ1v) is 6.00. The Morgan fingerprint density at radius 3 is 2.41 bits per heavy atom. The van der Waals surface area contributed by atoms with E-state index in [1.54, 1.807) is 17.2 Å². The van der Waals surface area contributed by atoms with Crippen LogP contribution >= 0.6 is 0 Å². The van der Waals surface area contributed by atoms with Crippen molar-refractivity contribution in [2.24, 2.45) is 5.92 Å². The van der Waals surface area contributed by atoms with Gasteiger partial charge >= 0.3 is 0 Å². The number of aromatic nitrogens is 3. The summed E-state index contributed by atoms with van der Waals surface area (Å²) >= 11 is 0. The Hall–Kier alpha value is -1.84. The van der Waals surface area contributed by atoms with Gasteiger partial charge in [0, 0.05) is 12.2 Å². The maximum Gasteiger partial charge on any atom is 0.0858 e. The second kappa shape index (κ2) is 5.48. The predicted molar refractivity (Wildman–Crippen MR) is 69.3 cm³/mol. The lowest BCUT2D eigenvalue weighted by Gasteiger charge is -2.11. The van der Waals surface area contributed by atoms with Crippen LogP contribution in [0.3, 0.4) is 0 Å². The van der Waals surface area contributed by atoms with E-state index in [0.717, 1.165) is 17.9 Å². The van der Waals surface area contributed by atoms with Crippen molar-refractivity contribution in [3.05, 3.63) is 36.7 Å². The fourth-order valence-electron chi connectivity index (χ4n) is 1.50. The summed E-state index contributed by atoms with van der Waals surface area (Å²) in [7, 11) is 0. The van der Waals surface area contributed by atoms with Crippen LogP contribution in [0.25, 0.3) is 5.69 Å². The molecule has 0 radical (unpaired) electrons. The van der Waals surface area contributed by atoms with Crippen LogP contribution in [0.4, 0.5) is 5.69 Å². The molecule has 0 saturated carbocycles. The summed E-state index contributed by atoms with van der Waals surface area (Å²) in [6.45, 7) is 5.46. The number of hydrogen-bond acceptors (Lipinski definition) is 3. The lowest BCUT2D eigenvalue weighted by molar-refractivity contribution is 0.593. The van der Waals surface area contributed by atoms with Crippen molar-refractivity contribution in [2.45, 2.75) is 20.3 Å². The molecule has 2 aromatic rings. The van der Waals surface area contributed by atoms with Crippen molar-refractivity contribution in [1.82, 2.24) is 15.0 Å². The summed E-state index contributed by atoms with van der Waals surface area (Å²) < 4.78 is 0. The molecule has 0 aliphatic rings. The van der Waals surface area contributed by atoms with Gasteiger partial charge in [-0.2, -0.15) is 15.0 Å². The molecule has 4 nitrogen and oxygen atoms in total. The minimum absolute atomic E-state index is 0.697. The molecule has 17 heavy (non-hydrogen) atoms. The van der Waals surface area contributed by atoms with E-state index in [1.165, 1.54) is 6.42 Å². The molecule has 1 aromatic heterocycles. The molecule has 0 spiro atoms. The van der Waals surface area contributed by atoms with Crippen LogP contribution in [0, 0.1) is 5.92 Å². The Morgan fingerprint density at radius 2 is 1.82 bits per heavy atom. The van der Waals surface area contributed by atoms with E-state index in [1.807, 2.05) is 12.1 Å². The summed E-state index contributed by atoms with van der Waals surface area (Å²) in [5, 5.41) is 11.6. The zero-order valence-electron chi connectivity index (χ0n) is 10.3. The van der Waals surface area contributed by atoms with E-state index in [4.69, 9.17) is 0 Å². The minimum atomic E-state index is 0.697. The SMILES string of the molecule is CCC(C)CNc1ccc(-n2nccn2)cc1. The lowest BCUT2D eigenvalue weighted by Crippen LogP contribution is -2.10. The smallest absolute Gasteiger partial charge is 0.0858 e. The Labute approximate surface area is 102 Å². The van der Waals surface area contributed by atoms with E-state index >= 15 is 0 Å². The number of anilines is 1. The van der Waals surface area contributed by atoms with E-state index in [-0.39, 0.29) is 0 Å². The second-order valence-electron chi connectivity index (χ2n) is 4.26.